The quantitative estimate of drug-likeness (QED) is 0.561. The van der Waals surface area contributed by atoms with Crippen LogP contribution in [0.3, 0.4) is 0 Å². The Balaban J connectivity index is 1.12. The van der Waals surface area contributed by atoms with E-state index in [2.05, 4.69) is 56.5 Å². The van der Waals surface area contributed by atoms with Gasteiger partial charge < -0.3 is 19.1 Å². The van der Waals surface area contributed by atoms with E-state index < -0.39 is 0 Å². The maximum atomic E-state index is 13.2. The fourth-order valence-electron chi connectivity index (χ4n) is 5.37. The predicted octanol–water partition coefficient (Wildman–Crippen LogP) is 3.63. The van der Waals surface area contributed by atoms with Crippen molar-refractivity contribution in [1.29, 1.82) is 0 Å². The summed E-state index contributed by atoms with van der Waals surface area (Å²) in [4.78, 5) is 25.0. The number of carbonyl (C=O) groups is 1. The lowest BCUT2D eigenvalue weighted by atomic mass is 9.95. The lowest BCUT2D eigenvalue weighted by molar-refractivity contribution is -0.137. The Morgan fingerprint density at radius 1 is 0.971 bits per heavy atom. The van der Waals surface area contributed by atoms with E-state index in [1.54, 1.807) is 7.11 Å². The van der Waals surface area contributed by atoms with Crippen LogP contribution in [0, 0.1) is 5.92 Å². The van der Waals surface area contributed by atoms with Crippen molar-refractivity contribution in [3.8, 4) is 5.75 Å². The molecule has 2 aliphatic rings. The zero-order valence-corrected chi connectivity index (χ0v) is 20.3. The molecule has 0 N–H and O–H groups in total. The number of ether oxygens (including phenoxy) is 1. The molecule has 0 aliphatic carbocycles. The Labute approximate surface area is 201 Å². The molecule has 0 unspecified atom stereocenters. The Bertz CT molecular complexity index is 1110. The average Bonchev–Trinajstić information content (AvgIpc) is 3.25. The van der Waals surface area contributed by atoms with Crippen LogP contribution in [-0.2, 0) is 17.9 Å². The van der Waals surface area contributed by atoms with Gasteiger partial charge in [-0.15, -0.1) is 0 Å². The number of carbonyl (C=O) groups excluding carboxylic acids is 1. The highest BCUT2D eigenvalue weighted by atomic mass is 16.5. The molecule has 2 aliphatic heterocycles. The number of piperidine rings is 1. The summed E-state index contributed by atoms with van der Waals surface area (Å²) in [6.45, 7) is 9.21. The number of hydrogen-bond acceptors (Lipinski definition) is 5. The summed E-state index contributed by atoms with van der Waals surface area (Å²) in [6.07, 6.45) is 1.87. The van der Waals surface area contributed by atoms with Crippen molar-refractivity contribution in [2.24, 2.45) is 5.92 Å². The van der Waals surface area contributed by atoms with Crippen LogP contribution in [0.25, 0.3) is 11.0 Å². The van der Waals surface area contributed by atoms with E-state index in [1.165, 1.54) is 11.2 Å². The van der Waals surface area contributed by atoms with Gasteiger partial charge >= 0.3 is 0 Å². The second-order valence-electron chi connectivity index (χ2n) is 9.32. The third-order valence-electron chi connectivity index (χ3n) is 7.38. The number of aromatic nitrogens is 2. The molecule has 0 bridgehead atoms. The van der Waals surface area contributed by atoms with E-state index in [-0.39, 0.29) is 5.92 Å². The topological polar surface area (TPSA) is 53.8 Å². The number of methoxy groups -OCH3 is 1. The summed E-state index contributed by atoms with van der Waals surface area (Å²) in [5.41, 5.74) is 3.47. The fourth-order valence-corrected chi connectivity index (χ4v) is 5.37. The van der Waals surface area contributed by atoms with E-state index in [1.807, 2.05) is 18.2 Å². The highest BCUT2D eigenvalue weighted by Gasteiger charge is 2.31. The van der Waals surface area contributed by atoms with Gasteiger partial charge in [0, 0.05) is 44.3 Å². The lowest BCUT2D eigenvalue weighted by Crippen LogP contribution is -2.51. The number of likely N-dealkylation sites (tertiary alicyclic amines) is 1. The normalized spacial score (nSPS) is 17.9. The molecule has 0 atom stereocenters. The van der Waals surface area contributed by atoms with Gasteiger partial charge in [-0.2, -0.15) is 0 Å². The number of imidazole rings is 1. The minimum absolute atomic E-state index is 0.147. The minimum Gasteiger partial charge on any atom is -0.497 e. The molecule has 1 aromatic heterocycles. The largest absolute Gasteiger partial charge is 0.497 e. The molecule has 1 amide bonds. The number of rotatable bonds is 6. The van der Waals surface area contributed by atoms with Crippen LogP contribution < -0.4 is 9.64 Å². The Hall–Kier alpha value is -3.06. The first kappa shape index (κ1) is 22.7. The zero-order valence-electron chi connectivity index (χ0n) is 20.3. The summed E-state index contributed by atoms with van der Waals surface area (Å²) in [5.74, 6) is 2.49. The summed E-state index contributed by atoms with van der Waals surface area (Å²) < 4.78 is 7.57. The first-order valence-corrected chi connectivity index (χ1v) is 12.5. The molecule has 34 heavy (non-hydrogen) atoms. The number of anilines is 1. The summed E-state index contributed by atoms with van der Waals surface area (Å²) in [6, 6.07) is 16.5. The molecule has 3 heterocycles. The van der Waals surface area contributed by atoms with Crippen LogP contribution in [0.2, 0.25) is 0 Å². The number of fused-ring (bicyclic) bond motifs is 1. The highest BCUT2D eigenvalue weighted by molar-refractivity contribution is 5.79. The third-order valence-corrected chi connectivity index (χ3v) is 7.38. The number of aryl methyl sites for hydroxylation is 1. The Morgan fingerprint density at radius 2 is 1.68 bits per heavy atom. The third kappa shape index (κ3) is 4.62. The van der Waals surface area contributed by atoms with Crippen molar-refractivity contribution in [1.82, 2.24) is 19.4 Å². The molecule has 5 rings (SSSR count). The molecular formula is C27H35N5O2. The lowest BCUT2D eigenvalue weighted by Gasteiger charge is -2.39. The molecule has 3 aromatic rings. The van der Waals surface area contributed by atoms with Crippen LogP contribution in [0.1, 0.15) is 25.6 Å². The van der Waals surface area contributed by atoms with Crippen molar-refractivity contribution in [2.45, 2.75) is 32.9 Å². The summed E-state index contributed by atoms with van der Waals surface area (Å²) >= 11 is 0. The van der Waals surface area contributed by atoms with Crippen molar-refractivity contribution >= 4 is 22.6 Å². The maximum absolute atomic E-state index is 13.2. The minimum atomic E-state index is 0.147. The van der Waals surface area contributed by atoms with Gasteiger partial charge in [0.1, 0.15) is 11.6 Å². The molecule has 0 spiro atoms. The number of hydrogen-bond donors (Lipinski definition) is 0. The fraction of sp³-hybridized carbons (Fsp3) is 0.481. The van der Waals surface area contributed by atoms with Crippen molar-refractivity contribution in [2.75, 3.05) is 51.3 Å². The summed E-state index contributed by atoms with van der Waals surface area (Å²) in [7, 11) is 1.69. The molecule has 2 saturated heterocycles. The molecule has 0 saturated carbocycles. The van der Waals surface area contributed by atoms with Gasteiger partial charge in [-0.1, -0.05) is 12.1 Å². The van der Waals surface area contributed by atoms with Crippen LogP contribution >= 0.6 is 0 Å². The van der Waals surface area contributed by atoms with Crippen molar-refractivity contribution in [3.63, 3.8) is 0 Å². The second-order valence-corrected chi connectivity index (χ2v) is 9.32. The SMILES string of the molecule is CCn1c(CN2CCC(C(=O)N3CCN(c4ccc(OC)cc4)CC3)CC2)nc2ccccc21. The zero-order chi connectivity index (χ0) is 23.5. The van der Waals surface area contributed by atoms with Gasteiger partial charge in [0.05, 0.1) is 24.7 Å². The van der Waals surface area contributed by atoms with Crippen molar-refractivity contribution < 1.29 is 9.53 Å². The van der Waals surface area contributed by atoms with Crippen LogP contribution in [-0.4, -0.2) is 71.6 Å². The van der Waals surface area contributed by atoms with Gasteiger partial charge in [-0.25, -0.2) is 4.98 Å². The average molecular weight is 462 g/mol. The molecule has 7 heteroatoms. The van der Waals surface area contributed by atoms with Gasteiger partial charge in [-0.3, -0.25) is 9.69 Å². The van der Waals surface area contributed by atoms with Crippen LogP contribution in [0.5, 0.6) is 5.75 Å². The Morgan fingerprint density at radius 3 is 2.35 bits per heavy atom. The van der Waals surface area contributed by atoms with E-state index in [0.717, 1.165) is 82.3 Å². The van der Waals surface area contributed by atoms with E-state index in [9.17, 15) is 4.79 Å². The Kier molecular flexibility index (Phi) is 6.72. The van der Waals surface area contributed by atoms with E-state index in [4.69, 9.17) is 9.72 Å². The second kappa shape index (κ2) is 10.1. The maximum Gasteiger partial charge on any atom is 0.225 e. The smallest absolute Gasteiger partial charge is 0.225 e. The number of nitrogens with zero attached hydrogens (tertiary/aromatic N) is 5. The molecule has 0 radical (unpaired) electrons. The van der Waals surface area contributed by atoms with Gasteiger partial charge in [0.15, 0.2) is 0 Å². The first-order valence-electron chi connectivity index (χ1n) is 12.5. The standard InChI is InChI=1S/C27H35N5O2/c1-3-32-25-7-5-4-6-24(25)28-26(32)20-29-14-12-21(13-15-29)27(33)31-18-16-30(17-19-31)22-8-10-23(34-2)11-9-22/h4-11,21H,3,12-20H2,1-2H3. The number of amides is 1. The van der Waals surface area contributed by atoms with Gasteiger partial charge in [-0.05, 0) is 69.3 Å². The number of para-hydroxylation sites is 2. The molecule has 2 fully saturated rings. The molecular weight excluding hydrogens is 426 g/mol. The monoisotopic (exact) mass is 461 g/mol. The van der Waals surface area contributed by atoms with E-state index >= 15 is 0 Å². The van der Waals surface area contributed by atoms with Crippen molar-refractivity contribution in [3.05, 3.63) is 54.4 Å². The summed E-state index contributed by atoms with van der Waals surface area (Å²) in [5, 5.41) is 0. The van der Waals surface area contributed by atoms with Crippen LogP contribution in [0.4, 0.5) is 5.69 Å². The van der Waals surface area contributed by atoms with Gasteiger partial charge in [0.25, 0.3) is 0 Å². The number of piperazine rings is 1. The first-order chi connectivity index (χ1) is 16.7. The molecule has 180 valence electrons. The predicted molar refractivity (Wildman–Crippen MR) is 135 cm³/mol. The van der Waals surface area contributed by atoms with E-state index in [0.29, 0.717) is 5.91 Å². The number of benzene rings is 2. The van der Waals surface area contributed by atoms with Crippen LogP contribution in [0.15, 0.2) is 48.5 Å². The molecule has 2 aromatic carbocycles. The van der Waals surface area contributed by atoms with Gasteiger partial charge in [0.2, 0.25) is 5.91 Å². The molecule has 7 nitrogen and oxygen atoms in total. The highest BCUT2D eigenvalue weighted by Crippen LogP contribution is 2.25.